The van der Waals surface area contributed by atoms with Crippen molar-refractivity contribution >= 4 is 17.3 Å². The predicted molar refractivity (Wildman–Crippen MR) is 114 cm³/mol. The second kappa shape index (κ2) is 8.04. The largest absolute Gasteiger partial charge is 0.379 e. The van der Waals surface area contributed by atoms with Crippen molar-refractivity contribution in [2.45, 2.75) is 13.0 Å². The fourth-order valence-corrected chi connectivity index (χ4v) is 4.02. The van der Waals surface area contributed by atoms with Crippen LogP contribution in [-0.2, 0) is 4.74 Å². The summed E-state index contributed by atoms with van der Waals surface area (Å²) in [6.07, 6.45) is 1.62. The molecule has 0 aliphatic carbocycles. The number of aryl methyl sites for hydroxylation is 1. The van der Waals surface area contributed by atoms with Gasteiger partial charge < -0.3 is 15.0 Å². The molecule has 30 heavy (non-hydrogen) atoms. The van der Waals surface area contributed by atoms with Crippen LogP contribution in [0.15, 0.2) is 48.8 Å². The summed E-state index contributed by atoms with van der Waals surface area (Å²) in [6.45, 7) is 7.92. The van der Waals surface area contributed by atoms with Crippen LogP contribution in [0.1, 0.15) is 5.56 Å². The minimum Gasteiger partial charge on any atom is -0.379 e. The van der Waals surface area contributed by atoms with Gasteiger partial charge in [-0.2, -0.15) is 4.98 Å². The van der Waals surface area contributed by atoms with Crippen molar-refractivity contribution in [1.82, 2.24) is 19.7 Å². The van der Waals surface area contributed by atoms with Gasteiger partial charge in [0.05, 0.1) is 18.9 Å². The maximum absolute atomic E-state index is 13.1. The summed E-state index contributed by atoms with van der Waals surface area (Å²) >= 11 is 0. The second-order valence-electron chi connectivity index (χ2n) is 7.88. The van der Waals surface area contributed by atoms with Crippen LogP contribution in [0.4, 0.5) is 21.7 Å². The van der Waals surface area contributed by atoms with E-state index in [0.29, 0.717) is 12.0 Å². The Kier molecular flexibility index (Phi) is 5.10. The zero-order chi connectivity index (χ0) is 20.5. The highest BCUT2D eigenvalue weighted by Crippen LogP contribution is 2.29. The number of nitrogens with one attached hydrogen (secondary N) is 1. The highest BCUT2D eigenvalue weighted by atomic mass is 19.1. The fraction of sp³-hybridized carbons (Fsp3) is 0.364. The van der Waals surface area contributed by atoms with Gasteiger partial charge in [-0.15, -0.1) is 5.10 Å². The lowest BCUT2D eigenvalue weighted by molar-refractivity contribution is 0.0105. The van der Waals surface area contributed by atoms with E-state index in [1.54, 1.807) is 23.1 Å². The number of anilines is 3. The van der Waals surface area contributed by atoms with E-state index in [1.807, 2.05) is 0 Å². The number of nitrogens with zero attached hydrogens (tertiary/aromatic N) is 5. The van der Waals surface area contributed by atoms with Gasteiger partial charge in [0.15, 0.2) is 0 Å². The zero-order valence-electron chi connectivity index (χ0n) is 17.0. The highest BCUT2D eigenvalue weighted by Gasteiger charge is 2.32. The molecular formula is C22H25FN6O. The van der Waals surface area contributed by atoms with Crippen molar-refractivity contribution < 1.29 is 9.13 Å². The zero-order valence-corrected chi connectivity index (χ0v) is 17.0. The predicted octanol–water partition coefficient (Wildman–Crippen LogP) is 2.98. The number of aromatic nitrogens is 3. The standard InChI is InChI=1S/C22H25FN6O/c1-16-10-18(25-22-24-15-29(26-22)19-4-2-17(23)3-5-19)12-20(11-16)28-13-21(14-28)27-6-8-30-9-7-27/h2-5,10-12,15,21H,6-9,13-14H2,1H3,(H,25,26). The Labute approximate surface area is 175 Å². The van der Waals surface area contributed by atoms with Crippen LogP contribution >= 0.6 is 0 Å². The number of benzene rings is 2. The van der Waals surface area contributed by atoms with Gasteiger partial charge >= 0.3 is 0 Å². The quantitative estimate of drug-likeness (QED) is 0.701. The third-order valence-corrected chi connectivity index (χ3v) is 5.69. The number of hydrogen-bond donors (Lipinski definition) is 1. The Bertz CT molecular complexity index is 1010. The van der Waals surface area contributed by atoms with E-state index in [9.17, 15) is 4.39 Å². The third kappa shape index (κ3) is 4.01. The summed E-state index contributed by atoms with van der Waals surface area (Å²) in [4.78, 5) is 9.27. The monoisotopic (exact) mass is 408 g/mol. The first kappa shape index (κ1) is 19.0. The Balaban J connectivity index is 1.26. The van der Waals surface area contributed by atoms with Gasteiger partial charge in [-0.3, -0.25) is 4.90 Å². The molecule has 7 nitrogen and oxygen atoms in total. The third-order valence-electron chi connectivity index (χ3n) is 5.69. The first-order valence-electron chi connectivity index (χ1n) is 10.3. The Hall–Kier alpha value is -2.97. The summed E-state index contributed by atoms with van der Waals surface area (Å²) in [7, 11) is 0. The summed E-state index contributed by atoms with van der Waals surface area (Å²) < 4.78 is 20.2. The van der Waals surface area contributed by atoms with Gasteiger partial charge in [0.1, 0.15) is 12.1 Å². The summed E-state index contributed by atoms with van der Waals surface area (Å²) in [5, 5.41) is 7.75. The number of morpholine rings is 1. The minimum atomic E-state index is -0.272. The Morgan fingerprint density at radius 3 is 2.57 bits per heavy atom. The van der Waals surface area contributed by atoms with E-state index in [0.717, 1.165) is 50.8 Å². The first-order chi connectivity index (χ1) is 14.6. The van der Waals surface area contributed by atoms with Crippen LogP contribution in [0.2, 0.25) is 0 Å². The van der Waals surface area contributed by atoms with Crippen molar-refractivity contribution in [3.8, 4) is 5.69 Å². The van der Waals surface area contributed by atoms with Crippen LogP contribution in [0, 0.1) is 12.7 Å². The lowest BCUT2D eigenvalue weighted by atomic mass is 10.0. The molecule has 0 bridgehead atoms. The number of hydrogen-bond acceptors (Lipinski definition) is 6. The SMILES string of the molecule is Cc1cc(Nc2ncn(-c3ccc(F)cc3)n2)cc(N2CC(N3CCOCC3)C2)c1. The molecule has 1 N–H and O–H groups in total. The van der Waals surface area contributed by atoms with Gasteiger partial charge in [0.2, 0.25) is 5.95 Å². The van der Waals surface area contributed by atoms with Gasteiger partial charge in [-0.25, -0.2) is 9.07 Å². The number of halogens is 1. The molecule has 0 atom stereocenters. The molecule has 1 aromatic heterocycles. The van der Waals surface area contributed by atoms with Crippen LogP contribution in [0.5, 0.6) is 0 Å². The summed E-state index contributed by atoms with van der Waals surface area (Å²) in [5.74, 6) is 0.233. The molecule has 2 aliphatic rings. The smallest absolute Gasteiger partial charge is 0.246 e. The van der Waals surface area contributed by atoms with E-state index in [-0.39, 0.29) is 5.82 Å². The summed E-state index contributed by atoms with van der Waals surface area (Å²) in [6, 6.07) is 13.2. The molecule has 3 aromatic rings. The van der Waals surface area contributed by atoms with Crippen LogP contribution < -0.4 is 10.2 Å². The number of ether oxygens (including phenoxy) is 1. The van der Waals surface area contributed by atoms with Crippen molar-refractivity contribution in [1.29, 1.82) is 0 Å². The number of rotatable bonds is 5. The normalized spacial score (nSPS) is 17.7. The van der Waals surface area contributed by atoms with E-state index in [4.69, 9.17) is 4.74 Å². The van der Waals surface area contributed by atoms with Crippen LogP contribution in [-0.4, -0.2) is 65.1 Å². The molecule has 0 amide bonds. The molecule has 2 fully saturated rings. The molecule has 2 aromatic carbocycles. The lowest BCUT2D eigenvalue weighted by Crippen LogP contribution is -2.61. The Morgan fingerprint density at radius 2 is 1.80 bits per heavy atom. The van der Waals surface area contributed by atoms with Gasteiger partial charge in [0.25, 0.3) is 0 Å². The molecule has 0 unspecified atom stereocenters. The van der Waals surface area contributed by atoms with Crippen molar-refractivity contribution in [2.24, 2.45) is 0 Å². The molecule has 8 heteroatoms. The van der Waals surface area contributed by atoms with Gasteiger partial charge in [-0.1, -0.05) is 0 Å². The van der Waals surface area contributed by atoms with Crippen molar-refractivity contribution in [2.75, 3.05) is 49.6 Å². The minimum absolute atomic E-state index is 0.272. The molecule has 0 spiro atoms. The molecule has 3 heterocycles. The van der Waals surface area contributed by atoms with Gasteiger partial charge in [0, 0.05) is 43.6 Å². The van der Waals surface area contributed by atoms with E-state index in [1.165, 1.54) is 23.4 Å². The van der Waals surface area contributed by atoms with Crippen LogP contribution in [0.25, 0.3) is 5.69 Å². The topological polar surface area (TPSA) is 58.5 Å². The molecule has 2 aliphatic heterocycles. The molecular weight excluding hydrogens is 383 g/mol. The maximum Gasteiger partial charge on any atom is 0.246 e. The van der Waals surface area contributed by atoms with E-state index < -0.39 is 0 Å². The average Bonchev–Trinajstić information content (AvgIpc) is 3.16. The fourth-order valence-electron chi connectivity index (χ4n) is 4.02. The first-order valence-corrected chi connectivity index (χ1v) is 10.3. The highest BCUT2D eigenvalue weighted by molar-refractivity contribution is 5.65. The Morgan fingerprint density at radius 1 is 1.03 bits per heavy atom. The molecule has 2 saturated heterocycles. The molecule has 156 valence electrons. The second-order valence-corrected chi connectivity index (χ2v) is 7.88. The maximum atomic E-state index is 13.1. The van der Waals surface area contributed by atoms with Crippen molar-refractivity contribution in [3.05, 3.63) is 60.2 Å². The summed E-state index contributed by atoms with van der Waals surface area (Å²) in [5.41, 5.74) is 4.11. The van der Waals surface area contributed by atoms with E-state index in [2.05, 4.69) is 50.3 Å². The molecule has 0 saturated carbocycles. The van der Waals surface area contributed by atoms with Crippen molar-refractivity contribution in [3.63, 3.8) is 0 Å². The van der Waals surface area contributed by atoms with Crippen LogP contribution in [0.3, 0.4) is 0 Å². The van der Waals surface area contributed by atoms with Gasteiger partial charge in [-0.05, 0) is 55.0 Å². The lowest BCUT2D eigenvalue weighted by Gasteiger charge is -2.47. The average molecular weight is 408 g/mol. The molecule has 5 rings (SSSR count). The molecule has 0 radical (unpaired) electrons. The van der Waals surface area contributed by atoms with E-state index >= 15 is 0 Å².